The van der Waals surface area contributed by atoms with Crippen LogP contribution in [0, 0.1) is 6.92 Å². The first-order chi connectivity index (χ1) is 24.4. The summed E-state index contributed by atoms with van der Waals surface area (Å²) >= 11 is 0. The van der Waals surface area contributed by atoms with Crippen LogP contribution in [0.1, 0.15) is 61.4 Å². The third-order valence-electron chi connectivity index (χ3n) is 7.94. The van der Waals surface area contributed by atoms with Crippen molar-refractivity contribution in [1.82, 2.24) is 0 Å². The summed E-state index contributed by atoms with van der Waals surface area (Å²) in [6.45, 7) is 8.69. The van der Waals surface area contributed by atoms with Gasteiger partial charge in [0, 0.05) is 17.1 Å². The van der Waals surface area contributed by atoms with Crippen molar-refractivity contribution in [1.29, 1.82) is 0 Å². The van der Waals surface area contributed by atoms with Crippen LogP contribution in [0.25, 0.3) is 11.6 Å². The highest BCUT2D eigenvalue weighted by Gasteiger charge is 2.15. The van der Waals surface area contributed by atoms with Gasteiger partial charge in [-0.15, -0.1) is 0 Å². The predicted molar refractivity (Wildman–Crippen MR) is 200 cm³/mol. The maximum Gasteiger partial charge on any atom is 0.513 e. The fourth-order valence-electron chi connectivity index (χ4n) is 5.27. The minimum Gasteiger partial charge on any atom is -0.434 e. The molecule has 0 saturated carbocycles. The molecule has 50 heavy (non-hydrogen) atoms. The Morgan fingerprint density at radius 2 is 0.980 bits per heavy atom. The molecule has 0 aliphatic carbocycles. The predicted octanol–water partition coefficient (Wildman–Crippen LogP) is 11.5. The Morgan fingerprint density at radius 1 is 0.560 bits per heavy atom. The van der Waals surface area contributed by atoms with Gasteiger partial charge in [0.1, 0.15) is 11.5 Å². The molecule has 0 amide bonds. The number of anilines is 3. The van der Waals surface area contributed by atoms with Gasteiger partial charge in [0.2, 0.25) is 0 Å². The van der Waals surface area contributed by atoms with Gasteiger partial charge < -0.3 is 23.8 Å². The minimum absolute atomic E-state index is 0.295. The summed E-state index contributed by atoms with van der Waals surface area (Å²) in [5, 5.41) is 0. The number of carbonyl (C=O) groups is 2. The van der Waals surface area contributed by atoms with Crippen LogP contribution < -0.4 is 14.4 Å². The van der Waals surface area contributed by atoms with Crippen molar-refractivity contribution in [2.45, 2.75) is 47.0 Å². The lowest BCUT2D eigenvalue weighted by Crippen LogP contribution is -2.12. The quantitative estimate of drug-likeness (QED) is 0.0701. The maximum atomic E-state index is 12.0. The van der Waals surface area contributed by atoms with Crippen LogP contribution in [-0.2, 0) is 15.9 Å². The summed E-state index contributed by atoms with van der Waals surface area (Å²) in [7, 11) is 0. The van der Waals surface area contributed by atoms with Gasteiger partial charge in [-0.1, -0.05) is 87.0 Å². The lowest BCUT2D eigenvalue weighted by molar-refractivity contribution is 0.0981. The second kappa shape index (κ2) is 17.5. The van der Waals surface area contributed by atoms with Crippen molar-refractivity contribution in [2.24, 2.45) is 0 Å². The number of ether oxygens (including phenoxy) is 4. The monoisotopic (exact) mass is 669 g/mol. The number of hydrogen-bond donors (Lipinski definition) is 0. The van der Waals surface area contributed by atoms with E-state index in [-0.39, 0.29) is 0 Å². The highest BCUT2D eigenvalue weighted by atomic mass is 16.7. The van der Waals surface area contributed by atoms with E-state index in [1.165, 1.54) is 11.1 Å². The highest BCUT2D eigenvalue weighted by Crippen LogP contribution is 2.37. The van der Waals surface area contributed by atoms with Crippen molar-refractivity contribution >= 4 is 41.0 Å². The third kappa shape index (κ3) is 9.63. The van der Waals surface area contributed by atoms with Crippen LogP contribution in [0.3, 0.4) is 0 Å². The van der Waals surface area contributed by atoms with Crippen LogP contribution in [0.15, 0.2) is 121 Å². The smallest absolute Gasteiger partial charge is 0.434 e. The molecular formula is C43H43NO6. The zero-order chi connectivity index (χ0) is 35.3. The molecule has 5 aromatic carbocycles. The molecule has 0 N–H and O–H groups in total. The van der Waals surface area contributed by atoms with Crippen LogP contribution in [-0.4, -0.2) is 25.5 Å². The molecule has 0 spiro atoms. The van der Waals surface area contributed by atoms with Crippen LogP contribution in [0.5, 0.6) is 11.5 Å². The molecule has 0 bridgehead atoms. The first-order valence-electron chi connectivity index (χ1n) is 17.0. The van der Waals surface area contributed by atoms with E-state index in [0.29, 0.717) is 37.6 Å². The molecule has 0 aromatic heterocycles. The van der Waals surface area contributed by atoms with E-state index in [1.807, 2.05) is 38.1 Å². The van der Waals surface area contributed by atoms with E-state index < -0.39 is 12.3 Å². The van der Waals surface area contributed by atoms with Crippen molar-refractivity contribution in [3.8, 4) is 11.5 Å². The van der Waals surface area contributed by atoms with Gasteiger partial charge in [-0.2, -0.15) is 0 Å². The molecule has 7 heteroatoms. The molecule has 5 aromatic rings. The number of rotatable bonds is 13. The van der Waals surface area contributed by atoms with Gasteiger partial charge in [0.25, 0.3) is 0 Å². The molecule has 0 atom stereocenters. The number of benzene rings is 5. The minimum atomic E-state index is -0.737. The standard InChI is InChI=1S/C43H43NO6/c1-5-28-47-42(45)49-39-24-20-37(21-25-39)44(38-22-26-40(27-23-38)50-43(46)48-29-6-2)36-18-12-33(13-19-36)30-41(34-14-8-31(4)9-15-34)35-16-10-32(7-3)11-17-35/h8-27,30H,5-7,28-29H2,1-4H3. The lowest BCUT2D eigenvalue weighted by Gasteiger charge is -2.26. The Labute approximate surface area is 294 Å². The Hall–Kier alpha value is -5.82. The van der Waals surface area contributed by atoms with E-state index in [9.17, 15) is 9.59 Å². The molecule has 0 aliphatic heterocycles. The Morgan fingerprint density at radius 3 is 1.40 bits per heavy atom. The molecule has 7 nitrogen and oxygen atoms in total. The first kappa shape index (κ1) is 35.5. The molecule has 0 unspecified atom stereocenters. The summed E-state index contributed by atoms with van der Waals surface area (Å²) in [5.74, 6) is 0.750. The average molecular weight is 670 g/mol. The van der Waals surface area contributed by atoms with E-state index in [2.05, 4.69) is 97.6 Å². The van der Waals surface area contributed by atoms with Gasteiger partial charge >= 0.3 is 12.3 Å². The topological polar surface area (TPSA) is 74.3 Å². The molecule has 0 saturated heterocycles. The molecule has 256 valence electrons. The first-order valence-corrected chi connectivity index (χ1v) is 17.0. The van der Waals surface area contributed by atoms with Gasteiger partial charge in [-0.3, -0.25) is 0 Å². The van der Waals surface area contributed by atoms with Crippen molar-refractivity contribution in [3.63, 3.8) is 0 Å². The van der Waals surface area contributed by atoms with Gasteiger partial charge in [0.05, 0.1) is 13.2 Å². The molecule has 0 fully saturated rings. The van der Waals surface area contributed by atoms with Crippen LogP contribution >= 0.6 is 0 Å². The van der Waals surface area contributed by atoms with Crippen LogP contribution in [0.4, 0.5) is 26.7 Å². The zero-order valence-corrected chi connectivity index (χ0v) is 29.1. The van der Waals surface area contributed by atoms with Crippen molar-refractivity contribution in [2.75, 3.05) is 18.1 Å². The van der Waals surface area contributed by atoms with Gasteiger partial charge in [-0.05, 0) is 121 Å². The fourth-order valence-corrected chi connectivity index (χ4v) is 5.27. The summed E-state index contributed by atoms with van der Waals surface area (Å²) < 4.78 is 20.8. The summed E-state index contributed by atoms with van der Waals surface area (Å²) in [6, 6.07) is 40.1. The van der Waals surface area contributed by atoms with E-state index in [0.717, 1.165) is 45.7 Å². The SMILES string of the molecule is CCCOC(=O)Oc1ccc(N(c2ccc(C=C(c3ccc(C)cc3)c3ccc(CC)cc3)cc2)c2ccc(OC(=O)OCCC)cc2)cc1. The summed E-state index contributed by atoms with van der Waals surface area (Å²) in [5.41, 5.74) is 9.56. The molecule has 0 radical (unpaired) electrons. The molecule has 0 aliphatic rings. The Balaban J connectivity index is 1.48. The van der Waals surface area contributed by atoms with E-state index >= 15 is 0 Å². The van der Waals surface area contributed by atoms with Gasteiger partial charge in [-0.25, -0.2) is 9.59 Å². The maximum absolute atomic E-state index is 12.0. The lowest BCUT2D eigenvalue weighted by atomic mass is 9.94. The second-order valence-electron chi connectivity index (χ2n) is 11.8. The molecular weight excluding hydrogens is 626 g/mol. The normalized spacial score (nSPS) is 11.1. The number of hydrogen-bond acceptors (Lipinski definition) is 7. The Kier molecular flexibility index (Phi) is 12.4. The summed E-state index contributed by atoms with van der Waals surface area (Å²) in [6.07, 6.45) is 3.15. The summed E-state index contributed by atoms with van der Waals surface area (Å²) in [4.78, 5) is 26.1. The van der Waals surface area contributed by atoms with Crippen LogP contribution in [0.2, 0.25) is 0 Å². The Bertz CT molecular complexity index is 1800. The third-order valence-corrected chi connectivity index (χ3v) is 7.94. The largest absolute Gasteiger partial charge is 0.513 e. The fraction of sp³-hybridized carbons (Fsp3) is 0.209. The number of aryl methyl sites for hydroxylation is 2. The van der Waals surface area contributed by atoms with Crippen molar-refractivity contribution < 1.29 is 28.5 Å². The molecule has 5 rings (SSSR count). The van der Waals surface area contributed by atoms with E-state index in [1.54, 1.807) is 24.3 Å². The average Bonchev–Trinajstić information content (AvgIpc) is 3.14. The number of carbonyl (C=O) groups excluding carboxylic acids is 2. The second-order valence-corrected chi connectivity index (χ2v) is 11.8. The number of nitrogens with zero attached hydrogens (tertiary/aromatic N) is 1. The highest BCUT2D eigenvalue weighted by molar-refractivity contribution is 5.92. The van der Waals surface area contributed by atoms with Gasteiger partial charge in [0.15, 0.2) is 0 Å². The zero-order valence-electron chi connectivity index (χ0n) is 29.1. The molecule has 0 heterocycles. The van der Waals surface area contributed by atoms with E-state index in [4.69, 9.17) is 18.9 Å². The van der Waals surface area contributed by atoms with Crippen molar-refractivity contribution in [3.05, 3.63) is 149 Å².